The first-order valence-electron chi connectivity index (χ1n) is 8.48. The van der Waals surface area contributed by atoms with Crippen molar-refractivity contribution < 1.29 is 18.0 Å². The third-order valence-electron chi connectivity index (χ3n) is 3.97. The molecule has 3 aromatic rings. The highest BCUT2D eigenvalue weighted by molar-refractivity contribution is 5.79. The third kappa shape index (κ3) is 4.98. The Kier molecular flexibility index (Phi) is 5.35. The monoisotopic (exact) mass is 404 g/mol. The summed E-state index contributed by atoms with van der Waals surface area (Å²) < 4.78 is 41.5. The van der Waals surface area contributed by atoms with Crippen molar-refractivity contribution in [1.29, 1.82) is 0 Å². The van der Waals surface area contributed by atoms with Crippen LogP contribution in [0.25, 0.3) is 5.69 Å². The molecule has 0 radical (unpaired) electrons. The summed E-state index contributed by atoms with van der Waals surface area (Å²) in [5.41, 5.74) is 14.9. The first kappa shape index (κ1) is 20.1. The van der Waals surface area contributed by atoms with E-state index in [-0.39, 0.29) is 17.3 Å². The van der Waals surface area contributed by atoms with Crippen LogP contribution in [0.5, 0.6) is 5.75 Å². The van der Waals surface area contributed by atoms with Gasteiger partial charge in [0.2, 0.25) is 0 Å². The summed E-state index contributed by atoms with van der Waals surface area (Å²) in [6.07, 6.45) is -1.45. The van der Waals surface area contributed by atoms with Gasteiger partial charge in [0.15, 0.2) is 11.7 Å². The number of aromatic nitrogens is 2. The molecule has 0 spiro atoms. The Morgan fingerprint density at radius 2 is 1.90 bits per heavy atom. The maximum atomic E-state index is 13.3. The number of nitrogens with two attached hydrogens (primary N) is 2. The van der Waals surface area contributed by atoms with Gasteiger partial charge < -0.3 is 20.9 Å². The Morgan fingerprint density at radius 3 is 2.52 bits per heavy atom. The van der Waals surface area contributed by atoms with E-state index < -0.39 is 11.7 Å². The number of nitrogens with one attached hydrogen (secondary N) is 1. The number of nitrogens with zero attached hydrogens (tertiary/aromatic N) is 3. The third-order valence-corrected chi connectivity index (χ3v) is 3.97. The maximum Gasteiger partial charge on any atom is 0.416 e. The van der Waals surface area contributed by atoms with E-state index in [4.69, 9.17) is 16.3 Å². The second kappa shape index (κ2) is 7.74. The first-order valence-corrected chi connectivity index (χ1v) is 8.48. The molecule has 0 aliphatic carbocycles. The van der Waals surface area contributed by atoms with E-state index in [1.54, 1.807) is 31.3 Å². The summed E-state index contributed by atoms with van der Waals surface area (Å²) >= 11 is 0. The van der Waals surface area contributed by atoms with Crippen LogP contribution in [0.4, 0.5) is 24.5 Å². The molecule has 0 aliphatic rings. The molecule has 2 aromatic carbocycles. The van der Waals surface area contributed by atoms with Crippen molar-refractivity contribution in [2.24, 2.45) is 16.5 Å². The van der Waals surface area contributed by atoms with Crippen LogP contribution < -0.4 is 21.8 Å². The van der Waals surface area contributed by atoms with E-state index in [1.165, 1.54) is 17.0 Å². The predicted octanol–water partition coefficient (Wildman–Crippen LogP) is 3.82. The fourth-order valence-corrected chi connectivity index (χ4v) is 2.58. The molecule has 0 aliphatic heterocycles. The van der Waals surface area contributed by atoms with Crippen molar-refractivity contribution in [2.75, 3.05) is 5.48 Å². The first-order chi connectivity index (χ1) is 13.6. The van der Waals surface area contributed by atoms with Crippen LogP contribution in [0.15, 0.2) is 53.9 Å². The van der Waals surface area contributed by atoms with Gasteiger partial charge in [0, 0.05) is 18.0 Å². The standard InChI is InChI=1S/C19H19F3N6O/c1-11-3-4-16(8-17(11)26-18(23)24)29-27-14-5-13(19(20,21)22)6-15(7-14)28-9-12(2)25-10-28/h3-10,27H,1-2H3,(H4,23,24,26). The molecule has 3 rings (SSSR count). The van der Waals surface area contributed by atoms with Gasteiger partial charge in [-0.2, -0.15) is 13.2 Å². The van der Waals surface area contributed by atoms with Crippen LogP contribution in [-0.2, 0) is 6.18 Å². The summed E-state index contributed by atoms with van der Waals surface area (Å²) in [6, 6.07) is 8.44. The molecule has 0 unspecified atom stereocenters. The highest BCUT2D eigenvalue weighted by Crippen LogP contribution is 2.33. The molecular formula is C19H19F3N6O. The Bertz CT molecular complexity index is 1050. The zero-order valence-electron chi connectivity index (χ0n) is 15.7. The van der Waals surface area contributed by atoms with E-state index in [1.807, 2.05) is 6.92 Å². The quantitative estimate of drug-likeness (QED) is 0.341. The number of guanidine groups is 1. The van der Waals surface area contributed by atoms with Gasteiger partial charge in [0.1, 0.15) is 0 Å². The average Bonchev–Trinajstić information content (AvgIpc) is 3.07. The van der Waals surface area contributed by atoms with Crippen molar-refractivity contribution in [3.8, 4) is 11.4 Å². The zero-order chi connectivity index (χ0) is 21.2. The normalized spacial score (nSPS) is 11.2. The molecule has 1 heterocycles. The molecule has 7 nitrogen and oxygen atoms in total. The number of hydrogen-bond donors (Lipinski definition) is 3. The summed E-state index contributed by atoms with van der Waals surface area (Å²) in [4.78, 5) is 13.5. The van der Waals surface area contributed by atoms with Crippen LogP contribution in [0.2, 0.25) is 0 Å². The van der Waals surface area contributed by atoms with Gasteiger partial charge in [0.05, 0.1) is 29.0 Å². The second-order valence-corrected chi connectivity index (χ2v) is 6.38. The van der Waals surface area contributed by atoms with Crippen molar-refractivity contribution in [1.82, 2.24) is 9.55 Å². The molecule has 5 N–H and O–H groups in total. The summed E-state index contributed by atoms with van der Waals surface area (Å²) in [6.45, 7) is 3.56. The van der Waals surface area contributed by atoms with Gasteiger partial charge in [-0.3, -0.25) is 0 Å². The van der Waals surface area contributed by atoms with E-state index in [2.05, 4.69) is 15.5 Å². The molecular weight excluding hydrogens is 385 g/mol. The van der Waals surface area contributed by atoms with E-state index >= 15 is 0 Å². The second-order valence-electron chi connectivity index (χ2n) is 6.38. The lowest BCUT2D eigenvalue weighted by atomic mass is 10.1. The summed E-state index contributed by atoms with van der Waals surface area (Å²) in [7, 11) is 0. The number of alkyl halides is 3. The number of aliphatic imine (C=N–C) groups is 1. The Morgan fingerprint density at radius 1 is 1.14 bits per heavy atom. The molecule has 0 bridgehead atoms. The Balaban J connectivity index is 1.90. The average molecular weight is 404 g/mol. The minimum absolute atomic E-state index is 0.114. The van der Waals surface area contributed by atoms with Gasteiger partial charge >= 0.3 is 6.18 Å². The van der Waals surface area contributed by atoms with Crippen molar-refractivity contribution in [2.45, 2.75) is 20.0 Å². The summed E-state index contributed by atoms with van der Waals surface area (Å²) in [5, 5.41) is 0. The number of hydrogen-bond acceptors (Lipinski definition) is 4. The minimum Gasteiger partial charge on any atom is -0.382 e. The highest BCUT2D eigenvalue weighted by atomic mass is 19.4. The zero-order valence-corrected chi connectivity index (χ0v) is 15.7. The van der Waals surface area contributed by atoms with Crippen LogP contribution in [-0.4, -0.2) is 15.5 Å². The van der Waals surface area contributed by atoms with E-state index in [0.717, 1.165) is 17.7 Å². The van der Waals surface area contributed by atoms with Crippen LogP contribution in [0.3, 0.4) is 0 Å². The predicted molar refractivity (Wildman–Crippen MR) is 104 cm³/mol. The van der Waals surface area contributed by atoms with E-state index in [9.17, 15) is 13.2 Å². The SMILES string of the molecule is Cc1cn(-c2cc(NOc3ccc(C)c(N=C(N)N)c3)cc(C(F)(F)F)c2)cn1. The molecule has 0 fully saturated rings. The fraction of sp³-hybridized carbons (Fsp3) is 0.158. The molecule has 29 heavy (non-hydrogen) atoms. The van der Waals surface area contributed by atoms with Gasteiger partial charge in [0.25, 0.3) is 0 Å². The smallest absolute Gasteiger partial charge is 0.382 e. The van der Waals surface area contributed by atoms with Gasteiger partial charge in [-0.25, -0.2) is 15.5 Å². The highest BCUT2D eigenvalue weighted by Gasteiger charge is 2.31. The number of rotatable bonds is 5. The van der Waals surface area contributed by atoms with Crippen molar-refractivity contribution in [3.05, 3.63) is 65.7 Å². The topological polar surface area (TPSA) is 103 Å². The van der Waals surface area contributed by atoms with Gasteiger partial charge in [-0.15, -0.1) is 0 Å². The molecule has 10 heteroatoms. The lowest BCUT2D eigenvalue weighted by Gasteiger charge is -2.15. The molecule has 0 amide bonds. The number of halogens is 3. The number of benzene rings is 2. The van der Waals surface area contributed by atoms with Gasteiger partial charge in [-0.05, 0) is 43.7 Å². The maximum absolute atomic E-state index is 13.3. The van der Waals surface area contributed by atoms with Crippen molar-refractivity contribution in [3.63, 3.8) is 0 Å². The van der Waals surface area contributed by atoms with Crippen molar-refractivity contribution >= 4 is 17.3 Å². The minimum atomic E-state index is -4.52. The number of anilines is 1. The lowest BCUT2D eigenvalue weighted by Crippen LogP contribution is -2.22. The molecule has 0 atom stereocenters. The van der Waals surface area contributed by atoms with Crippen LogP contribution in [0.1, 0.15) is 16.8 Å². The number of aryl methyl sites for hydroxylation is 2. The summed E-state index contributed by atoms with van der Waals surface area (Å²) in [5.74, 6) is 0.212. The van der Waals surface area contributed by atoms with Crippen LogP contribution in [0, 0.1) is 13.8 Å². The van der Waals surface area contributed by atoms with Crippen LogP contribution >= 0.6 is 0 Å². The van der Waals surface area contributed by atoms with E-state index in [0.29, 0.717) is 17.1 Å². The molecule has 152 valence electrons. The fourth-order valence-electron chi connectivity index (χ4n) is 2.58. The Labute approximate surface area is 164 Å². The number of imidazole rings is 1. The molecule has 0 saturated heterocycles. The Hall–Kier alpha value is -3.69. The van der Waals surface area contributed by atoms with Gasteiger partial charge in [-0.1, -0.05) is 6.07 Å². The molecule has 0 saturated carbocycles. The lowest BCUT2D eigenvalue weighted by molar-refractivity contribution is -0.137. The molecule has 1 aromatic heterocycles. The largest absolute Gasteiger partial charge is 0.416 e.